The van der Waals surface area contributed by atoms with E-state index in [1.54, 1.807) is 0 Å². The van der Waals surface area contributed by atoms with Crippen molar-refractivity contribution in [3.05, 3.63) is 0 Å². The van der Waals surface area contributed by atoms with Gasteiger partial charge < -0.3 is 5.11 Å². The van der Waals surface area contributed by atoms with Crippen molar-refractivity contribution >= 4 is 0 Å². The Morgan fingerprint density at radius 3 is 2.40 bits per heavy atom. The van der Waals surface area contributed by atoms with Crippen LogP contribution in [0.3, 0.4) is 0 Å². The molecule has 0 saturated heterocycles. The van der Waals surface area contributed by atoms with E-state index in [0.29, 0.717) is 5.41 Å². The Morgan fingerprint density at radius 1 is 0.750 bits per heavy atom. The van der Waals surface area contributed by atoms with Crippen LogP contribution in [0, 0.1) is 34.5 Å². The Kier molecular flexibility index (Phi) is 3.05. The first-order chi connectivity index (χ1) is 9.56. The first kappa shape index (κ1) is 13.6. The molecular formula is C19H32O. The Bertz CT molecular complexity index is 391. The molecule has 4 saturated carbocycles. The second-order valence-electron chi connectivity index (χ2n) is 9.04. The van der Waals surface area contributed by atoms with Crippen molar-refractivity contribution < 1.29 is 5.11 Å². The summed E-state index contributed by atoms with van der Waals surface area (Å²) in [5, 5.41) is 10.5. The number of aliphatic hydroxyl groups is 1. The molecule has 0 aliphatic heterocycles. The number of hydrogen-bond donors (Lipinski definition) is 1. The number of hydrogen-bond acceptors (Lipinski definition) is 1. The normalized spacial score (nSPS) is 58.6. The fraction of sp³-hybridized carbons (Fsp3) is 1.00. The zero-order valence-electron chi connectivity index (χ0n) is 13.4. The topological polar surface area (TPSA) is 20.2 Å². The van der Waals surface area contributed by atoms with Crippen LogP contribution in [-0.4, -0.2) is 11.2 Å². The van der Waals surface area contributed by atoms with E-state index in [1.165, 1.54) is 57.8 Å². The van der Waals surface area contributed by atoms with E-state index in [2.05, 4.69) is 13.8 Å². The predicted molar refractivity (Wildman–Crippen MR) is 82.4 cm³/mol. The summed E-state index contributed by atoms with van der Waals surface area (Å²) < 4.78 is 0. The first-order valence-corrected chi connectivity index (χ1v) is 9.24. The van der Waals surface area contributed by atoms with E-state index in [1.807, 2.05) is 0 Å². The molecule has 0 bridgehead atoms. The number of aliphatic hydroxyl groups excluding tert-OH is 1. The molecule has 0 aromatic carbocycles. The molecule has 20 heavy (non-hydrogen) atoms. The van der Waals surface area contributed by atoms with Crippen molar-refractivity contribution in [2.24, 2.45) is 34.5 Å². The van der Waals surface area contributed by atoms with Gasteiger partial charge in [-0.15, -0.1) is 0 Å². The molecule has 0 aromatic heterocycles. The summed E-state index contributed by atoms with van der Waals surface area (Å²) >= 11 is 0. The van der Waals surface area contributed by atoms with Crippen LogP contribution in [-0.2, 0) is 0 Å². The van der Waals surface area contributed by atoms with Gasteiger partial charge in [-0.25, -0.2) is 0 Å². The van der Waals surface area contributed by atoms with Gasteiger partial charge in [-0.3, -0.25) is 0 Å². The van der Waals surface area contributed by atoms with Gasteiger partial charge in [-0.1, -0.05) is 26.7 Å². The molecule has 0 radical (unpaired) electrons. The highest BCUT2D eigenvalue weighted by Gasteiger charge is 2.59. The molecular weight excluding hydrogens is 244 g/mol. The highest BCUT2D eigenvalue weighted by molar-refractivity contribution is 5.08. The van der Waals surface area contributed by atoms with Gasteiger partial charge >= 0.3 is 0 Å². The van der Waals surface area contributed by atoms with Gasteiger partial charge in [0.2, 0.25) is 0 Å². The molecule has 0 amide bonds. The van der Waals surface area contributed by atoms with Gasteiger partial charge in [-0.2, -0.15) is 0 Å². The Hall–Kier alpha value is -0.0400. The van der Waals surface area contributed by atoms with Crippen molar-refractivity contribution in [2.75, 3.05) is 0 Å². The lowest BCUT2D eigenvalue weighted by atomic mass is 9.45. The summed E-state index contributed by atoms with van der Waals surface area (Å²) in [7, 11) is 0. The van der Waals surface area contributed by atoms with Crippen LogP contribution in [0.5, 0.6) is 0 Å². The number of rotatable bonds is 0. The van der Waals surface area contributed by atoms with Crippen LogP contribution in [0.2, 0.25) is 0 Å². The zero-order valence-corrected chi connectivity index (χ0v) is 13.4. The fourth-order valence-electron chi connectivity index (χ4n) is 7.27. The highest BCUT2D eigenvalue weighted by Crippen LogP contribution is 2.66. The summed E-state index contributed by atoms with van der Waals surface area (Å²) in [6.07, 6.45) is 14.0. The molecule has 0 spiro atoms. The molecule has 114 valence electrons. The van der Waals surface area contributed by atoms with Crippen molar-refractivity contribution in [3.63, 3.8) is 0 Å². The third-order valence-electron chi connectivity index (χ3n) is 8.53. The summed E-state index contributed by atoms with van der Waals surface area (Å²) in [4.78, 5) is 0. The Balaban J connectivity index is 1.64. The molecule has 1 N–H and O–H groups in total. The SMILES string of the molecule is CC12CCCC[C@@H]1CCC1C2CCC2(C)C1CC[C@@H]2O. The molecule has 4 aliphatic rings. The maximum Gasteiger partial charge on any atom is 0.0596 e. The van der Waals surface area contributed by atoms with Crippen LogP contribution in [0.4, 0.5) is 0 Å². The Morgan fingerprint density at radius 2 is 1.55 bits per heavy atom. The smallest absolute Gasteiger partial charge is 0.0596 e. The van der Waals surface area contributed by atoms with E-state index in [-0.39, 0.29) is 11.5 Å². The second-order valence-corrected chi connectivity index (χ2v) is 9.04. The van der Waals surface area contributed by atoms with Gasteiger partial charge in [0.05, 0.1) is 6.10 Å². The average molecular weight is 276 g/mol. The van der Waals surface area contributed by atoms with Crippen LogP contribution < -0.4 is 0 Å². The molecule has 4 aliphatic carbocycles. The monoisotopic (exact) mass is 276 g/mol. The lowest BCUT2D eigenvalue weighted by Crippen LogP contribution is -2.53. The summed E-state index contributed by atoms with van der Waals surface area (Å²) in [6.45, 7) is 5.04. The molecule has 0 aromatic rings. The predicted octanol–water partition coefficient (Wildman–Crippen LogP) is 4.78. The van der Waals surface area contributed by atoms with Gasteiger partial charge in [0.25, 0.3) is 0 Å². The van der Waals surface area contributed by atoms with E-state index >= 15 is 0 Å². The third kappa shape index (κ3) is 1.65. The molecule has 4 fully saturated rings. The van der Waals surface area contributed by atoms with Crippen LogP contribution in [0.1, 0.15) is 78.1 Å². The lowest BCUT2D eigenvalue weighted by Gasteiger charge is -2.60. The van der Waals surface area contributed by atoms with Gasteiger partial charge in [-0.05, 0) is 85.9 Å². The molecule has 0 heterocycles. The third-order valence-corrected chi connectivity index (χ3v) is 8.53. The van der Waals surface area contributed by atoms with E-state index in [9.17, 15) is 5.11 Å². The van der Waals surface area contributed by atoms with E-state index in [0.717, 1.165) is 30.1 Å². The first-order valence-electron chi connectivity index (χ1n) is 9.24. The van der Waals surface area contributed by atoms with Crippen LogP contribution in [0.15, 0.2) is 0 Å². The van der Waals surface area contributed by atoms with Crippen molar-refractivity contribution in [2.45, 2.75) is 84.2 Å². The Labute approximate surface area is 124 Å². The van der Waals surface area contributed by atoms with Crippen molar-refractivity contribution in [1.29, 1.82) is 0 Å². The zero-order chi connectivity index (χ0) is 14.0. The maximum atomic E-state index is 10.5. The fourth-order valence-corrected chi connectivity index (χ4v) is 7.27. The molecule has 1 nitrogen and oxygen atoms in total. The quantitative estimate of drug-likeness (QED) is 0.675. The van der Waals surface area contributed by atoms with Crippen molar-refractivity contribution in [3.8, 4) is 0 Å². The molecule has 4 rings (SSSR count). The van der Waals surface area contributed by atoms with Gasteiger partial charge in [0.1, 0.15) is 0 Å². The van der Waals surface area contributed by atoms with Crippen LogP contribution in [0.25, 0.3) is 0 Å². The molecule has 7 atom stereocenters. The second kappa shape index (κ2) is 4.48. The largest absolute Gasteiger partial charge is 0.393 e. The standard InChI is InChI=1S/C19H32O/c1-18-11-4-3-5-13(18)6-7-14-15-8-9-17(20)19(15,2)12-10-16(14)18/h13-17,20H,3-12H2,1-2H3/t13-,14?,15?,16?,17+,18?,19?/m1/s1. The molecule has 5 unspecified atom stereocenters. The van der Waals surface area contributed by atoms with Gasteiger partial charge in [0, 0.05) is 0 Å². The van der Waals surface area contributed by atoms with E-state index < -0.39 is 0 Å². The summed E-state index contributed by atoms with van der Waals surface area (Å²) in [6, 6.07) is 0. The van der Waals surface area contributed by atoms with Gasteiger partial charge in [0.15, 0.2) is 0 Å². The summed E-state index contributed by atoms with van der Waals surface area (Å²) in [5.41, 5.74) is 0.912. The minimum absolute atomic E-state index is 0.00895. The lowest BCUT2D eigenvalue weighted by molar-refractivity contribution is -0.120. The van der Waals surface area contributed by atoms with E-state index in [4.69, 9.17) is 0 Å². The minimum Gasteiger partial charge on any atom is -0.393 e. The maximum absolute atomic E-state index is 10.5. The van der Waals surface area contributed by atoms with Crippen LogP contribution >= 0.6 is 0 Å². The average Bonchev–Trinajstić information content (AvgIpc) is 2.74. The van der Waals surface area contributed by atoms with Crippen molar-refractivity contribution in [1.82, 2.24) is 0 Å². The highest BCUT2D eigenvalue weighted by atomic mass is 16.3. The molecule has 1 heteroatoms. The number of fused-ring (bicyclic) bond motifs is 5. The summed E-state index contributed by atoms with van der Waals surface area (Å²) in [5.74, 6) is 3.76. The minimum atomic E-state index is -0.00895.